The fraction of sp³-hybridized carbons (Fsp3) is 0.467. The van der Waals surface area contributed by atoms with Crippen molar-refractivity contribution in [3.63, 3.8) is 0 Å². The Morgan fingerprint density at radius 3 is 2.85 bits per heavy atom. The summed E-state index contributed by atoms with van der Waals surface area (Å²) in [6.45, 7) is 4.71. The normalized spacial score (nSPS) is 10.1. The Morgan fingerprint density at radius 2 is 2.25 bits per heavy atom. The molecular formula is C15H20N2O3. The number of aliphatic hydroxyl groups excluding tert-OH is 1. The van der Waals surface area contributed by atoms with E-state index >= 15 is 0 Å². The summed E-state index contributed by atoms with van der Waals surface area (Å²) in [5, 5.41) is 8.68. The van der Waals surface area contributed by atoms with E-state index in [4.69, 9.17) is 9.84 Å². The predicted octanol–water partition coefficient (Wildman–Crippen LogP) is 0.922. The Bertz CT molecular complexity index is 503. The second-order valence-electron chi connectivity index (χ2n) is 4.51. The number of amides is 1. The molecule has 0 unspecified atom stereocenters. The van der Waals surface area contributed by atoms with E-state index in [2.05, 4.69) is 16.8 Å². The summed E-state index contributed by atoms with van der Waals surface area (Å²) in [6.07, 6.45) is 3.09. The third-order valence-corrected chi connectivity index (χ3v) is 2.72. The van der Waals surface area contributed by atoms with E-state index in [-0.39, 0.29) is 18.6 Å². The molecular weight excluding hydrogens is 256 g/mol. The van der Waals surface area contributed by atoms with Crippen molar-refractivity contribution in [2.45, 2.75) is 19.9 Å². The minimum atomic E-state index is -0.218. The molecule has 0 saturated carbocycles. The van der Waals surface area contributed by atoms with Crippen LogP contribution in [-0.2, 0) is 4.74 Å². The van der Waals surface area contributed by atoms with Crippen LogP contribution in [0.2, 0.25) is 0 Å². The minimum Gasteiger partial charge on any atom is -0.384 e. The number of hydrogen-bond acceptors (Lipinski definition) is 4. The first kappa shape index (κ1) is 16.2. The Balaban J connectivity index is 2.93. The van der Waals surface area contributed by atoms with Crippen molar-refractivity contribution in [3.05, 3.63) is 29.6 Å². The first-order chi connectivity index (χ1) is 9.60. The topological polar surface area (TPSA) is 62.7 Å². The number of hydrogen-bond donors (Lipinski definition) is 1. The molecule has 5 nitrogen and oxygen atoms in total. The van der Waals surface area contributed by atoms with Gasteiger partial charge in [-0.1, -0.05) is 11.8 Å². The summed E-state index contributed by atoms with van der Waals surface area (Å²) in [4.78, 5) is 18.2. The van der Waals surface area contributed by atoms with Gasteiger partial charge in [0.05, 0.1) is 12.2 Å². The van der Waals surface area contributed by atoms with Crippen LogP contribution in [0.1, 0.15) is 29.8 Å². The highest BCUT2D eigenvalue weighted by molar-refractivity contribution is 5.94. The van der Waals surface area contributed by atoms with Crippen LogP contribution < -0.4 is 0 Å². The molecule has 1 aromatic heterocycles. The van der Waals surface area contributed by atoms with E-state index in [9.17, 15) is 4.79 Å². The lowest BCUT2D eigenvalue weighted by Gasteiger charge is -2.26. The van der Waals surface area contributed by atoms with Crippen LogP contribution in [0.3, 0.4) is 0 Å². The van der Waals surface area contributed by atoms with Crippen LogP contribution in [0.4, 0.5) is 0 Å². The largest absolute Gasteiger partial charge is 0.384 e. The quantitative estimate of drug-likeness (QED) is 0.812. The Labute approximate surface area is 119 Å². The molecule has 20 heavy (non-hydrogen) atoms. The number of methoxy groups -OCH3 is 1. The number of aliphatic hydroxyl groups is 1. The van der Waals surface area contributed by atoms with Crippen LogP contribution in [0.15, 0.2) is 18.5 Å². The molecule has 0 spiro atoms. The number of aromatic nitrogens is 1. The zero-order chi connectivity index (χ0) is 15.0. The summed E-state index contributed by atoms with van der Waals surface area (Å²) in [5.74, 6) is 5.18. The molecule has 1 aromatic rings. The van der Waals surface area contributed by atoms with Crippen molar-refractivity contribution < 1.29 is 14.6 Å². The molecule has 0 fully saturated rings. The number of carbonyl (C=O) groups excluding carboxylic acids is 1. The maximum Gasteiger partial charge on any atom is 0.255 e. The molecule has 0 aliphatic carbocycles. The van der Waals surface area contributed by atoms with E-state index in [1.165, 1.54) is 6.20 Å². The summed E-state index contributed by atoms with van der Waals surface area (Å²) < 4.78 is 5.03. The molecule has 0 aliphatic heterocycles. The fourth-order valence-electron chi connectivity index (χ4n) is 1.72. The monoisotopic (exact) mass is 276 g/mol. The number of nitrogens with zero attached hydrogens (tertiary/aromatic N) is 2. The molecule has 1 amide bonds. The van der Waals surface area contributed by atoms with Crippen molar-refractivity contribution in [3.8, 4) is 11.8 Å². The average molecular weight is 276 g/mol. The van der Waals surface area contributed by atoms with Gasteiger partial charge in [0.25, 0.3) is 5.91 Å². The second-order valence-corrected chi connectivity index (χ2v) is 4.51. The Morgan fingerprint density at radius 1 is 1.50 bits per heavy atom. The summed E-state index contributed by atoms with van der Waals surface area (Å²) in [6, 6.07) is 1.75. The SMILES string of the molecule is COCCN(C(=O)c1cncc(C#CCO)c1)C(C)C. The minimum absolute atomic E-state index is 0.0739. The Hall–Kier alpha value is -1.90. The molecule has 0 bridgehead atoms. The predicted molar refractivity (Wildman–Crippen MR) is 76.2 cm³/mol. The molecule has 1 N–H and O–H groups in total. The summed E-state index contributed by atoms with van der Waals surface area (Å²) in [5.41, 5.74) is 1.10. The maximum absolute atomic E-state index is 12.5. The first-order valence-electron chi connectivity index (χ1n) is 6.44. The summed E-state index contributed by atoms with van der Waals surface area (Å²) in [7, 11) is 1.61. The second kappa shape index (κ2) is 8.31. The van der Waals surface area contributed by atoms with Gasteiger partial charge in [-0.05, 0) is 19.9 Å². The van der Waals surface area contributed by atoms with E-state index in [1.807, 2.05) is 13.8 Å². The van der Waals surface area contributed by atoms with Crippen molar-refractivity contribution in [1.82, 2.24) is 9.88 Å². The van der Waals surface area contributed by atoms with Crippen LogP contribution in [0, 0.1) is 11.8 Å². The third kappa shape index (κ3) is 4.65. The standard InChI is InChI=1S/C15H20N2O3/c1-12(2)17(6-8-20-3)15(19)14-9-13(5-4-7-18)10-16-11-14/h9-12,18H,6-8H2,1-3H3. The highest BCUT2D eigenvalue weighted by Crippen LogP contribution is 2.09. The number of rotatable bonds is 5. The van der Waals surface area contributed by atoms with Gasteiger partial charge in [-0.15, -0.1) is 0 Å². The van der Waals surface area contributed by atoms with Crippen molar-refractivity contribution in [2.24, 2.45) is 0 Å². The highest BCUT2D eigenvalue weighted by Gasteiger charge is 2.18. The molecule has 0 radical (unpaired) electrons. The van der Waals surface area contributed by atoms with E-state index in [1.54, 1.807) is 24.3 Å². The van der Waals surface area contributed by atoms with E-state index < -0.39 is 0 Å². The summed E-state index contributed by atoms with van der Waals surface area (Å²) >= 11 is 0. The zero-order valence-corrected chi connectivity index (χ0v) is 12.1. The van der Waals surface area contributed by atoms with Crippen LogP contribution >= 0.6 is 0 Å². The van der Waals surface area contributed by atoms with Gasteiger partial charge in [-0.25, -0.2) is 0 Å². The van der Waals surface area contributed by atoms with Gasteiger partial charge in [-0.3, -0.25) is 9.78 Å². The van der Waals surface area contributed by atoms with E-state index in [0.717, 1.165) is 0 Å². The van der Waals surface area contributed by atoms with Gasteiger partial charge in [0, 0.05) is 37.7 Å². The van der Waals surface area contributed by atoms with Crippen molar-refractivity contribution in [1.29, 1.82) is 0 Å². The highest BCUT2D eigenvalue weighted by atomic mass is 16.5. The smallest absolute Gasteiger partial charge is 0.255 e. The molecule has 1 rings (SSSR count). The van der Waals surface area contributed by atoms with Gasteiger partial charge < -0.3 is 14.7 Å². The van der Waals surface area contributed by atoms with Gasteiger partial charge in [0.1, 0.15) is 6.61 Å². The van der Waals surface area contributed by atoms with Crippen molar-refractivity contribution >= 4 is 5.91 Å². The molecule has 1 heterocycles. The number of pyridine rings is 1. The lowest BCUT2D eigenvalue weighted by Crippen LogP contribution is -2.39. The van der Waals surface area contributed by atoms with Crippen molar-refractivity contribution in [2.75, 3.05) is 26.9 Å². The van der Waals surface area contributed by atoms with Gasteiger partial charge >= 0.3 is 0 Å². The third-order valence-electron chi connectivity index (χ3n) is 2.72. The fourth-order valence-corrected chi connectivity index (χ4v) is 1.72. The van der Waals surface area contributed by atoms with Crippen LogP contribution in [0.5, 0.6) is 0 Å². The average Bonchev–Trinajstić information content (AvgIpc) is 2.45. The molecule has 0 saturated heterocycles. The molecule has 0 atom stereocenters. The molecule has 5 heteroatoms. The molecule has 0 aromatic carbocycles. The van der Waals surface area contributed by atoms with E-state index in [0.29, 0.717) is 24.3 Å². The lowest BCUT2D eigenvalue weighted by atomic mass is 10.1. The van der Waals surface area contributed by atoms with Gasteiger partial charge in [0.15, 0.2) is 0 Å². The first-order valence-corrected chi connectivity index (χ1v) is 6.44. The van der Waals surface area contributed by atoms with Gasteiger partial charge in [-0.2, -0.15) is 0 Å². The van der Waals surface area contributed by atoms with Gasteiger partial charge in [0.2, 0.25) is 0 Å². The van der Waals surface area contributed by atoms with Crippen LogP contribution in [0.25, 0.3) is 0 Å². The molecule has 108 valence electrons. The Kier molecular flexibility index (Phi) is 6.71. The lowest BCUT2D eigenvalue weighted by molar-refractivity contribution is 0.0634. The zero-order valence-electron chi connectivity index (χ0n) is 12.1. The number of carbonyl (C=O) groups is 1. The number of ether oxygens (including phenoxy) is 1. The van der Waals surface area contributed by atoms with Crippen LogP contribution in [-0.4, -0.2) is 53.8 Å². The maximum atomic E-state index is 12.5. The molecule has 0 aliphatic rings.